The normalized spacial score (nSPS) is 10.1. The Morgan fingerprint density at radius 2 is 2.20 bits per heavy atom. The van der Waals surface area contributed by atoms with Crippen LogP contribution >= 0.6 is 0 Å². The number of aromatic nitrogens is 1. The Bertz CT molecular complexity index is 546. The molecule has 0 aliphatic heterocycles. The molecule has 1 amide bonds. The number of carbonyl (C=O) groups is 2. The van der Waals surface area contributed by atoms with Crippen LogP contribution in [0.15, 0.2) is 12.3 Å². The maximum Gasteiger partial charge on any atom is 0.305 e. The number of nitro groups is 1. The fraction of sp³-hybridized carbons (Fsp3) is 0.364. The van der Waals surface area contributed by atoms with Gasteiger partial charge in [-0.25, -0.2) is 4.98 Å². The van der Waals surface area contributed by atoms with E-state index in [-0.39, 0.29) is 30.0 Å². The number of carboxylic acid groups (broad SMARTS) is 1. The molecule has 0 unspecified atom stereocenters. The van der Waals surface area contributed by atoms with Gasteiger partial charge in [0.2, 0.25) is 0 Å². The molecule has 1 heterocycles. The van der Waals surface area contributed by atoms with Gasteiger partial charge in [-0.1, -0.05) is 0 Å². The zero-order chi connectivity index (χ0) is 15.3. The summed E-state index contributed by atoms with van der Waals surface area (Å²) in [6.07, 6.45) is 0.857. The molecule has 1 rings (SSSR count). The summed E-state index contributed by atoms with van der Waals surface area (Å²) < 4.78 is 0. The molecule has 0 bridgehead atoms. The largest absolute Gasteiger partial charge is 0.481 e. The lowest BCUT2D eigenvalue weighted by Gasteiger charge is -2.22. The van der Waals surface area contributed by atoms with Crippen molar-refractivity contribution >= 4 is 23.4 Å². The third kappa shape index (κ3) is 3.64. The van der Waals surface area contributed by atoms with Crippen LogP contribution in [-0.2, 0) is 4.79 Å². The predicted molar refractivity (Wildman–Crippen MR) is 69.5 cm³/mol. The number of nitrogens with two attached hydrogens (primary N) is 1. The molecule has 108 valence electrons. The highest BCUT2D eigenvalue weighted by Crippen LogP contribution is 2.22. The maximum absolute atomic E-state index is 11.4. The van der Waals surface area contributed by atoms with E-state index in [0.717, 1.165) is 12.3 Å². The van der Waals surface area contributed by atoms with Crippen LogP contribution < -0.4 is 10.6 Å². The minimum Gasteiger partial charge on any atom is -0.481 e. The summed E-state index contributed by atoms with van der Waals surface area (Å²) in [7, 11) is 0. The molecule has 20 heavy (non-hydrogen) atoms. The minimum atomic E-state index is -0.994. The molecule has 0 fully saturated rings. The average Bonchev–Trinajstić information content (AvgIpc) is 2.38. The van der Waals surface area contributed by atoms with Gasteiger partial charge >= 0.3 is 5.97 Å². The lowest BCUT2D eigenvalue weighted by atomic mass is 10.2. The molecule has 0 spiro atoms. The molecular weight excluding hydrogens is 268 g/mol. The first-order chi connectivity index (χ1) is 9.36. The molecule has 9 nitrogen and oxygen atoms in total. The van der Waals surface area contributed by atoms with Gasteiger partial charge in [-0.15, -0.1) is 0 Å². The second-order valence-electron chi connectivity index (χ2n) is 3.91. The van der Waals surface area contributed by atoms with Crippen molar-refractivity contribution in [2.45, 2.75) is 13.3 Å². The molecule has 0 radical (unpaired) electrons. The Labute approximate surface area is 114 Å². The number of hydrogen-bond acceptors (Lipinski definition) is 6. The Morgan fingerprint density at radius 1 is 1.55 bits per heavy atom. The summed E-state index contributed by atoms with van der Waals surface area (Å²) in [4.78, 5) is 37.3. The number of anilines is 1. The van der Waals surface area contributed by atoms with Crippen LogP contribution in [0.4, 0.5) is 11.5 Å². The number of hydrogen-bond donors (Lipinski definition) is 2. The molecular formula is C11H14N4O5. The summed E-state index contributed by atoms with van der Waals surface area (Å²) in [5.74, 6) is -1.71. The second kappa shape index (κ2) is 6.45. The van der Waals surface area contributed by atoms with Crippen LogP contribution in [0.3, 0.4) is 0 Å². The number of primary amides is 1. The lowest BCUT2D eigenvalue weighted by molar-refractivity contribution is -0.385. The minimum absolute atomic E-state index is 0.105. The molecule has 1 aromatic heterocycles. The number of aliphatic carboxylic acids is 1. The first kappa shape index (κ1) is 15.3. The standard InChI is InChI=1S/C11H14N4O5/c1-2-14(4-3-9(16)17)11-8(10(12)18)5-7(6-13-11)15(19)20/h5-6H,2-4H2,1H3,(H2,12,18)(H,16,17). The van der Waals surface area contributed by atoms with E-state index in [9.17, 15) is 19.7 Å². The first-order valence-electron chi connectivity index (χ1n) is 5.77. The molecule has 9 heteroatoms. The fourth-order valence-electron chi connectivity index (χ4n) is 1.62. The number of carbonyl (C=O) groups excluding carboxylic acids is 1. The summed E-state index contributed by atoms with van der Waals surface area (Å²) in [6.45, 7) is 2.25. The van der Waals surface area contributed by atoms with Crippen LogP contribution in [-0.4, -0.2) is 40.0 Å². The van der Waals surface area contributed by atoms with E-state index in [2.05, 4.69) is 4.98 Å². The van der Waals surface area contributed by atoms with Crippen LogP contribution in [0.2, 0.25) is 0 Å². The highest BCUT2D eigenvalue weighted by Gasteiger charge is 2.20. The summed E-state index contributed by atoms with van der Waals surface area (Å²) in [5, 5.41) is 19.3. The van der Waals surface area contributed by atoms with Crippen LogP contribution in [0.25, 0.3) is 0 Å². The summed E-state index contributed by atoms with van der Waals surface area (Å²) in [5.41, 5.74) is 4.73. The second-order valence-corrected chi connectivity index (χ2v) is 3.91. The Kier molecular flexibility index (Phi) is 4.95. The van der Waals surface area contributed by atoms with Crippen molar-refractivity contribution in [3.63, 3.8) is 0 Å². The van der Waals surface area contributed by atoms with Crippen molar-refractivity contribution in [1.82, 2.24) is 4.98 Å². The molecule has 0 atom stereocenters. The molecule has 0 aromatic carbocycles. The smallest absolute Gasteiger partial charge is 0.305 e. The van der Waals surface area contributed by atoms with E-state index in [4.69, 9.17) is 10.8 Å². The molecule has 0 saturated carbocycles. The van der Waals surface area contributed by atoms with Gasteiger partial charge in [0.1, 0.15) is 12.0 Å². The predicted octanol–water partition coefficient (Wildman–Crippen LogP) is 0.390. The lowest BCUT2D eigenvalue weighted by Crippen LogP contribution is -2.29. The van der Waals surface area contributed by atoms with Crippen LogP contribution in [0, 0.1) is 10.1 Å². The van der Waals surface area contributed by atoms with Gasteiger partial charge in [0.25, 0.3) is 11.6 Å². The van der Waals surface area contributed by atoms with Crippen molar-refractivity contribution < 1.29 is 19.6 Å². The Hall–Kier alpha value is -2.71. The van der Waals surface area contributed by atoms with Crippen LogP contribution in [0.1, 0.15) is 23.7 Å². The summed E-state index contributed by atoms with van der Waals surface area (Å²) >= 11 is 0. The zero-order valence-corrected chi connectivity index (χ0v) is 10.8. The number of pyridine rings is 1. The SMILES string of the molecule is CCN(CCC(=O)O)c1ncc([N+](=O)[O-])cc1C(N)=O. The fourth-order valence-corrected chi connectivity index (χ4v) is 1.62. The maximum atomic E-state index is 11.4. The van der Waals surface area contributed by atoms with Crippen LogP contribution in [0.5, 0.6) is 0 Å². The average molecular weight is 282 g/mol. The van der Waals surface area contributed by atoms with Crippen molar-refractivity contribution in [2.24, 2.45) is 5.73 Å². The third-order valence-electron chi connectivity index (χ3n) is 2.61. The third-order valence-corrected chi connectivity index (χ3v) is 2.61. The quantitative estimate of drug-likeness (QED) is 0.544. The van der Waals surface area contributed by atoms with E-state index in [1.54, 1.807) is 6.92 Å². The topological polar surface area (TPSA) is 140 Å². The van der Waals surface area contributed by atoms with E-state index >= 15 is 0 Å². The highest BCUT2D eigenvalue weighted by atomic mass is 16.6. The van der Waals surface area contributed by atoms with Crippen molar-refractivity contribution in [1.29, 1.82) is 0 Å². The number of rotatable bonds is 7. The number of carboxylic acids is 1. The van der Waals surface area contributed by atoms with E-state index < -0.39 is 16.8 Å². The van der Waals surface area contributed by atoms with Gasteiger partial charge in [0.15, 0.2) is 0 Å². The van der Waals surface area contributed by atoms with E-state index in [1.165, 1.54) is 4.90 Å². The molecule has 0 aliphatic rings. The Morgan fingerprint density at radius 3 is 2.65 bits per heavy atom. The molecule has 3 N–H and O–H groups in total. The molecule has 1 aromatic rings. The monoisotopic (exact) mass is 282 g/mol. The highest BCUT2D eigenvalue weighted by molar-refractivity contribution is 5.98. The zero-order valence-electron chi connectivity index (χ0n) is 10.8. The van der Waals surface area contributed by atoms with Gasteiger partial charge in [-0.3, -0.25) is 19.7 Å². The summed E-state index contributed by atoms with van der Waals surface area (Å²) in [6, 6.07) is 1.04. The van der Waals surface area contributed by atoms with Gasteiger partial charge in [-0.2, -0.15) is 0 Å². The number of nitrogens with zero attached hydrogens (tertiary/aromatic N) is 3. The Balaban J connectivity index is 3.17. The first-order valence-corrected chi connectivity index (χ1v) is 5.77. The van der Waals surface area contributed by atoms with Gasteiger partial charge < -0.3 is 15.7 Å². The van der Waals surface area contributed by atoms with E-state index in [0.29, 0.717) is 6.54 Å². The van der Waals surface area contributed by atoms with Gasteiger partial charge in [0, 0.05) is 19.2 Å². The van der Waals surface area contributed by atoms with E-state index in [1.807, 2.05) is 0 Å². The van der Waals surface area contributed by atoms with Gasteiger partial charge in [0.05, 0.1) is 16.9 Å². The van der Waals surface area contributed by atoms with Gasteiger partial charge in [-0.05, 0) is 6.92 Å². The molecule has 0 aliphatic carbocycles. The van der Waals surface area contributed by atoms with Crippen molar-refractivity contribution in [3.8, 4) is 0 Å². The number of amides is 1. The molecule has 0 saturated heterocycles. The van der Waals surface area contributed by atoms with Crippen molar-refractivity contribution in [3.05, 3.63) is 27.9 Å². The van der Waals surface area contributed by atoms with Crippen molar-refractivity contribution in [2.75, 3.05) is 18.0 Å².